The number of benzene rings is 1. The predicted molar refractivity (Wildman–Crippen MR) is 88.6 cm³/mol. The largest absolute Gasteiger partial charge is 0.373 e. The summed E-state index contributed by atoms with van der Waals surface area (Å²) in [6.45, 7) is 12.8. The van der Waals surface area contributed by atoms with Gasteiger partial charge in [-0.2, -0.15) is 4.31 Å². The van der Waals surface area contributed by atoms with Crippen molar-refractivity contribution in [3.8, 4) is 0 Å². The Morgan fingerprint density at radius 1 is 1.14 bits per heavy atom. The van der Waals surface area contributed by atoms with Crippen molar-refractivity contribution in [3.05, 3.63) is 29.3 Å². The lowest BCUT2D eigenvalue weighted by Crippen LogP contribution is -2.48. The van der Waals surface area contributed by atoms with E-state index in [1.807, 2.05) is 39.0 Å². The average molecular weight is 325 g/mol. The number of sulfonamides is 1. The zero-order valence-electron chi connectivity index (χ0n) is 14.4. The first kappa shape index (κ1) is 17.4. The first-order valence-corrected chi connectivity index (χ1v) is 9.22. The Balaban J connectivity index is 2.45. The van der Waals surface area contributed by atoms with Gasteiger partial charge in [-0.1, -0.05) is 32.9 Å². The van der Waals surface area contributed by atoms with Gasteiger partial charge in [0, 0.05) is 13.1 Å². The van der Waals surface area contributed by atoms with Gasteiger partial charge in [-0.25, -0.2) is 8.42 Å². The van der Waals surface area contributed by atoms with Crippen molar-refractivity contribution in [3.63, 3.8) is 0 Å². The highest BCUT2D eigenvalue weighted by Gasteiger charge is 2.33. The molecule has 0 spiro atoms. The van der Waals surface area contributed by atoms with E-state index >= 15 is 0 Å². The number of aryl methyl sites for hydroxylation is 1. The van der Waals surface area contributed by atoms with E-state index in [2.05, 4.69) is 20.8 Å². The molecule has 0 saturated carbocycles. The summed E-state index contributed by atoms with van der Waals surface area (Å²) in [5.41, 5.74) is 1.75. The maximum atomic E-state index is 13.0. The van der Waals surface area contributed by atoms with E-state index in [4.69, 9.17) is 4.74 Å². The van der Waals surface area contributed by atoms with E-state index in [0.29, 0.717) is 18.0 Å². The third-order valence-electron chi connectivity index (χ3n) is 4.06. The summed E-state index contributed by atoms with van der Waals surface area (Å²) in [6, 6.07) is 5.75. The topological polar surface area (TPSA) is 46.6 Å². The van der Waals surface area contributed by atoms with Crippen LogP contribution in [-0.2, 0) is 20.2 Å². The molecule has 5 heteroatoms. The minimum Gasteiger partial charge on any atom is -0.373 e. The fourth-order valence-corrected chi connectivity index (χ4v) is 4.65. The van der Waals surface area contributed by atoms with Crippen LogP contribution >= 0.6 is 0 Å². The molecule has 0 N–H and O–H groups in total. The smallest absolute Gasteiger partial charge is 0.243 e. The molecule has 4 nitrogen and oxygen atoms in total. The van der Waals surface area contributed by atoms with E-state index in [-0.39, 0.29) is 17.6 Å². The molecule has 124 valence electrons. The third kappa shape index (κ3) is 3.53. The van der Waals surface area contributed by atoms with Crippen molar-refractivity contribution in [1.82, 2.24) is 4.31 Å². The number of hydrogen-bond acceptors (Lipinski definition) is 3. The van der Waals surface area contributed by atoms with E-state index in [1.165, 1.54) is 0 Å². The summed E-state index contributed by atoms with van der Waals surface area (Å²) in [4.78, 5) is 0.418. The lowest BCUT2D eigenvalue weighted by molar-refractivity contribution is -0.0441. The average Bonchev–Trinajstić information content (AvgIpc) is 2.36. The molecule has 1 aliphatic rings. The quantitative estimate of drug-likeness (QED) is 0.839. The summed E-state index contributed by atoms with van der Waals surface area (Å²) in [6.07, 6.45) is -0.158. The third-order valence-corrected chi connectivity index (χ3v) is 6.03. The minimum absolute atomic E-state index is 0.0790. The van der Waals surface area contributed by atoms with E-state index in [1.54, 1.807) is 4.31 Å². The molecule has 0 amide bonds. The highest BCUT2D eigenvalue weighted by molar-refractivity contribution is 7.89. The predicted octanol–water partition coefficient (Wildman–Crippen LogP) is 3.09. The van der Waals surface area contributed by atoms with Gasteiger partial charge in [0.1, 0.15) is 0 Å². The molecule has 0 radical (unpaired) electrons. The molecule has 0 unspecified atom stereocenters. The molecule has 1 aliphatic heterocycles. The van der Waals surface area contributed by atoms with Gasteiger partial charge in [0.25, 0.3) is 0 Å². The normalized spacial score (nSPS) is 24.5. The maximum Gasteiger partial charge on any atom is 0.243 e. The number of morpholine rings is 1. The van der Waals surface area contributed by atoms with Gasteiger partial charge in [0.15, 0.2) is 0 Å². The van der Waals surface area contributed by atoms with Gasteiger partial charge in [-0.3, -0.25) is 0 Å². The highest BCUT2D eigenvalue weighted by atomic mass is 32.2. The lowest BCUT2D eigenvalue weighted by atomic mass is 9.87. The minimum atomic E-state index is -3.49. The second kappa shape index (κ2) is 5.95. The first-order chi connectivity index (χ1) is 10.0. The molecule has 22 heavy (non-hydrogen) atoms. The van der Waals surface area contributed by atoms with Gasteiger partial charge in [0.05, 0.1) is 17.1 Å². The Labute approximate surface area is 134 Å². The van der Waals surface area contributed by atoms with Crippen LogP contribution in [-0.4, -0.2) is 38.0 Å². The van der Waals surface area contributed by atoms with Crippen LogP contribution in [0.4, 0.5) is 0 Å². The fourth-order valence-electron chi connectivity index (χ4n) is 2.81. The lowest BCUT2D eigenvalue weighted by Gasteiger charge is -2.35. The molecule has 1 fully saturated rings. The van der Waals surface area contributed by atoms with Crippen molar-refractivity contribution in [2.24, 2.45) is 0 Å². The molecule has 0 aromatic heterocycles. The van der Waals surface area contributed by atoms with Gasteiger partial charge in [0.2, 0.25) is 10.0 Å². The monoisotopic (exact) mass is 325 g/mol. The molecule has 1 saturated heterocycles. The van der Waals surface area contributed by atoms with Crippen LogP contribution < -0.4 is 0 Å². The van der Waals surface area contributed by atoms with Crippen molar-refractivity contribution in [2.45, 2.75) is 64.1 Å². The summed E-state index contributed by atoms with van der Waals surface area (Å²) in [5.74, 6) is 0. The summed E-state index contributed by atoms with van der Waals surface area (Å²) >= 11 is 0. The van der Waals surface area contributed by atoms with Crippen LogP contribution in [0.1, 0.15) is 45.7 Å². The number of nitrogens with zero attached hydrogens (tertiary/aromatic N) is 1. The van der Waals surface area contributed by atoms with Gasteiger partial charge in [-0.15, -0.1) is 0 Å². The number of rotatable bonds is 2. The number of ether oxygens (including phenoxy) is 1. The van der Waals surface area contributed by atoms with Gasteiger partial charge >= 0.3 is 0 Å². The molecule has 2 atom stereocenters. The van der Waals surface area contributed by atoms with Crippen LogP contribution in [0, 0.1) is 6.92 Å². The summed E-state index contributed by atoms with van der Waals surface area (Å²) in [5, 5.41) is 0. The molecule has 0 aliphatic carbocycles. The second-order valence-electron chi connectivity index (χ2n) is 7.31. The Bertz CT molecular complexity index is 636. The van der Waals surface area contributed by atoms with Crippen molar-refractivity contribution in [2.75, 3.05) is 13.1 Å². The molecular formula is C17H27NO3S. The Morgan fingerprint density at radius 2 is 1.68 bits per heavy atom. The van der Waals surface area contributed by atoms with Gasteiger partial charge < -0.3 is 4.74 Å². The van der Waals surface area contributed by atoms with E-state index < -0.39 is 10.0 Å². The van der Waals surface area contributed by atoms with E-state index in [0.717, 1.165) is 11.1 Å². The molecule has 0 bridgehead atoms. The Kier molecular flexibility index (Phi) is 4.71. The fraction of sp³-hybridized carbons (Fsp3) is 0.647. The Morgan fingerprint density at radius 3 is 2.18 bits per heavy atom. The van der Waals surface area contributed by atoms with Crippen molar-refractivity contribution in [1.29, 1.82) is 0 Å². The van der Waals surface area contributed by atoms with Crippen LogP contribution in [0.3, 0.4) is 0 Å². The molecule has 1 aromatic rings. The molecule has 1 heterocycles. The highest BCUT2D eigenvalue weighted by Crippen LogP contribution is 2.29. The van der Waals surface area contributed by atoms with Crippen LogP contribution in [0.25, 0.3) is 0 Å². The zero-order chi connectivity index (χ0) is 16.7. The Hall–Kier alpha value is -0.910. The molecule has 2 rings (SSSR count). The maximum absolute atomic E-state index is 13.0. The van der Waals surface area contributed by atoms with Crippen molar-refractivity contribution < 1.29 is 13.2 Å². The summed E-state index contributed by atoms with van der Waals surface area (Å²) < 4.78 is 33.3. The van der Waals surface area contributed by atoms with Crippen LogP contribution in [0.2, 0.25) is 0 Å². The van der Waals surface area contributed by atoms with Crippen LogP contribution in [0.15, 0.2) is 23.1 Å². The molecule has 1 aromatic carbocycles. The molecular weight excluding hydrogens is 298 g/mol. The van der Waals surface area contributed by atoms with Crippen molar-refractivity contribution >= 4 is 10.0 Å². The van der Waals surface area contributed by atoms with Gasteiger partial charge in [-0.05, 0) is 43.4 Å². The van der Waals surface area contributed by atoms with E-state index in [9.17, 15) is 8.42 Å². The summed E-state index contributed by atoms with van der Waals surface area (Å²) in [7, 11) is -3.49. The first-order valence-electron chi connectivity index (χ1n) is 7.78. The number of hydrogen-bond donors (Lipinski definition) is 0. The van der Waals surface area contributed by atoms with Crippen LogP contribution in [0.5, 0.6) is 0 Å². The SMILES string of the molecule is Cc1ccc(C(C)(C)C)cc1S(=O)(=O)N1C[C@@H](C)O[C@@H](C)C1. The second-order valence-corrected chi connectivity index (χ2v) is 9.22. The standard InChI is InChI=1S/C17H27NO3S/c1-12-7-8-15(17(4,5)6)9-16(12)22(19,20)18-10-13(2)21-14(3)11-18/h7-9,13-14H,10-11H2,1-6H3/t13-,14+. The zero-order valence-corrected chi connectivity index (χ0v) is 15.2.